The lowest BCUT2D eigenvalue weighted by Crippen LogP contribution is -2.44. The van der Waals surface area contributed by atoms with Crippen LogP contribution in [0.25, 0.3) is 0 Å². The molecule has 28 heavy (non-hydrogen) atoms. The van der Waals surface area contributed by atoms with Gasteiger partial charge in [-0.1, -0.05) is 18.2 Å². The zero-order chi connectivity index (χ0) is 19.9. The molecule has 3 N–H and O–H groups in total. The molecule has 1 saturated carbocycles. The van der Waals surface area contributed by atoms with Crippen LogP contribution in [0.2, 0.25) is 0 Å². The standard InChI is InChI=1S/C20H22N4O4/c21-10-12-9-20(13-4-1-2-5-14(13)23-19(20)28)11-24(12)18(27)8-17(26)22-15-6-3-7-16(15)25/h1-2,4-5,12,15-16,25H,3,6-9,11H2,(H,22,26)(H,23,28)/t12-,15+,16-,20-/m0/s1. The van der Waals surface area contributed by atoms with Crippen molar-refractivity contribution in [2.75, 3.05) is 11.9 Å². The van der Waals surface area contributed by atoms with Crippen LogP contribution in [0, 0.1) is 11.3 Å². The lowest BCUT2D eigenvalue weighted by Gasteiger charge is -2.23. The minimum atomic E-state index is -0.954. The van der Waals surface area contributed by atoms with E-state index in [2.05, 4.69) is 16.7 Å². The first-order valence-electron chi connectivity index (χ1n) is 9.52. The van der Waals surface area contributed by atoms with Crippen molar-refractivity contribution in [3.8, 4) is 6.07 Å². The summed E-state index contributed by atoms with van der Waals surface area (Å²) in [6.07, 6.45) is 1.38. The van der Waals surface area contributed by atoms with Crippen molar-refractivity contribution >= 4 is 23.4 Å². The number of fused-ring (bicyclic) bond motifs is 2. The number of hydrogen-bond acceptors (Lipinski definition) is 5. The van der Waals surface area contributed by atoms with Gasteiger partial charge in [-0.25, -0.2) is 0 Å². The highest BCUT2D eigenvalue weighted by Gasteiger charge is 2.55. The normalized spacial score (nSPS) is 30.8. The quantitative estimate of drug-likeness (QED) is 0.654. The first-order valence-corrected chi connectivity index (χ1v) is 9.52. The molecule has 8 heteroatoms. The van der Waals surface area contributed by atoms with Gasteiger partial charge in [0.15, 0.2) is 0 Å². The molecule has 2 aliphatic heterocycles. The lowest BCUT2D eigenvalue weighted by atomic mass is 9.80. The number of aliphatic hydroxyl groups excluding tert-OH is 1. The summed E-state index contributed by atoms with van der Waals surface area (Å²) in [4.78, 5) is 39.1. The highest BCUT2D eigenvalue weighted by atomic mass is 16.3. The van der Waals surface area contributed by atoms with Crippen molar-refractivity contribution in [3.63, 3.8) is 0 Å². The molecule has 1 aliphatic carbocycles. The highest BCUT2D eigenvalue weighted by molar-refractivity contribution is 6.07. The van der Waals surface area contributed by atoms with Gasteiger partial charge in [-0.2, -0.15) is 5.26 Å². The molecular weight excluding hydrogens is 360 g/mol. The number of anilines is 1. The summed E-state index contributed by atoms with van der Waals surface area (Å²) < 4.78 is 0. The van der Waals surface area contributed by atoms with Gasteiger partial charge in [-0.3, -0.25) is 14.4 Å². The van der Waals surface area contributed by atoms with Crippen molar-refractivity contribution in [2.24, 2.45) is 0 Å². The number of aliphatic hydroxyl groups is 1. The molecular formula is C20H22N4O4. The molecule has 3 aliphatic rings. The van der Waals surface area contributed by atoms with Gasteiger partial charge in [-0.15, -0.1) is 0 Å². The summed E-state index contributed by atoms with van der Waals surface area (Å²) in [5.41, 5.74) is 0.533. The molecule has 0 aromatic heterocycles. The van der Waals surface area contributed by atoms with Crippen LogP contribution in [0.1, 0.15) is 37.7 Å². The molecule has 1 aromatic carbocycles. The molecule has 1 saturated heterocycles. The third kappa shape index (κ3) is 2.92. The van der Waals surface area contributed by atoms with E-state index < -0.39 is 35.8 Å². The van der Waals surface area contributed by atoms with Gasteiger partial charge in [0.05, 0.1) is 23.6 Å². The van der Waals surface area contributed by atoms with E-state index in [-0.39, 0.29) is 24.9 Å². The van der Waals surface area contributed by atoms with E-state index in [1.807, 2.05) is 18.2 Å². The van der Waals surface area contributed by atoms with Crippen molar-refractivity contribution in [3.05, 3.63) is 29.8 Å². The van der Waals surface area contributed by atoms with Crippen LogP contribution in [-0.4, -0.2) is 52.5 Å². The molecule has 4 atom stereocenters. The Morgan fingerprint density at radius 2 is 2.14 bits per heavy atom. The fourth-order valence-electron chi connectivity index (χ4n) is 4.62. The van der Waals surface area contributed by atoms with Crippen molar-refractivity contribution < 1.29 is 19.5 Å². The van der Waals surface area contributed by atoms with Crippen LogP contribution in [0.3, 0.4) is 0 Å². The van der Waals surface area contributed by atoms with E-state index in [0.717, 1.165) is 12.0 Å². The molecule has 4 rings (SSSR count). The van der Waals surface area contributed by atoms with Gasteiger partial charge in [0.1, 0.15) is 12.5 Å². The summed E-state index contributed by atoms with van der Waals surface area (Å²) in [5.74, 6) is -1.17. The van der Waals surface area contributed by atoms with E-state index in [1.165, 1.54) is 4.90 Å². The fourth-order valence-corrected chi connectivity index (χ4v) is 4.62. The van der Waals surface area contributed by atoms with Crippen molar-refractivity contribution in [2.45, 2.75) is 55.7 Å². The average Bonchev–Trinajstić information content (AvgIpc) is 3.33. The summed E-state index contributed by atoms with van der Waals surface area (Å²) in [6.45, 7) is 0.0756. The number of benzene rings is 1. The van der Waals surface area contributed by atoms with E-state index >= 15 is 0 Å². The number of para-hydroxylation sites is 1. The second-order valence-electron chi connectivity index (χ2n) is 7.80. The minimum Gasteiger partial charge on any atom is -0.391 e. The van der Waals surface area contributed by atoms with Gasteiger partial charge in [0.2, 0.25) is 17.7 Å². The Kier molecular flexibility index (Phi) is 4.55. The predicted octanol–water partition coefficient (Wildman–Crippen LogP) is 0.421. The maximum absolute atomic E-state index is 12.8. The number of amides is 3. The molecule has 8 nitrogen and oxygen atoms in total. The zero-order valence-electron chi connectivity index (χ0n) is 15.4. The average molecular weight is 382 g/mol. The molecule has 2 heterocycles. The molecule has 0 unspecified atom stereocenters. The first kappa shape index (κ1) is 18.4. The number of nitrogens with one attached hydrogen (secondary N) is 2. The molecule has 3 amide bonds. The summed E-state index contributed by atoms with van der Waals surface area (Å²) in [5, 5.41) is 24.9. The monoisotopic (exact) mass is 382 g/mol. The zero-order valence-corrected chi connectivity index (χ0v) is 15.4. The maximum Gasteiger partial charge on any atom is 0.237 e. The summed E-state index contributed by atoms with van der Waals surface area (Å²) in [6, 6.07) is 8.29. The Hall–Kier alpha value is -2.92. The summed E-state index contributed by atoms with van der Waals surface area (Å²) in [7, 11) is 0. The molecule has 2 fully saturated rings. The second kappa shape index (κ2) is 6.91. The Morgan fingerprint density at radius 1 is 1.36 bits per heavy atom. The molecule has 1 aromatic rings. The Morgan fingerprint density at radius 3 is 2.86 bits per heavy atom. The summed E-state index contributed by atoms with van der Waals surface area (Å²) >= 11 is 0. The van der Waals surface area contributed by atoms with Gasteiger partial charge in [-0.05, 0) is 30.9 Å². The molecule has 1 spiro atoms. The topological polar surface area (TPSA) is 123 Å². The Bertz CT molecular complexity index is 879. The van der Waals surface area contributed by atoms with Crippen LogP contribution in [-0.2, 0) is 19.8 Å². The SMILES string of the molecule is N#C[C@@H]1C[C@@]2(CN1C(=O)CC(=O)N[C@@H]1CCC[C@@H]1O)C(=O)Nc1ccccc12. The molecule has 0 bridgehead atoms. The minimum absolute atomic E-state index is 0.0756. The van der Waals surface area contributed by atoms with E-state index in [9.17, 15) is 24.8 Å². The largest absolute Gasteiger partial charge is 0.391 e. The van der Waals surface area contributed by atoms with Gasteiger partial charge < -0.3 is 20.6 Å². The van der Waals surface area contributed by atoms with E-state index in [1.54, 1.807) is 6.07 Å². The van der Waals surface area contributed by atoms with Crippen LogP contribution in [0.5, 0.6) is 0 Å². The van der Waals surface area contributed by atoms with Crippen LogP contribution in [0.15, 0.2) is 24.3 Å². The predicted molar refractivity (Wildman–Crippen MR) is 98.9 cm³/mol. The number of likely N-dealkylation sites (tertiary alicyclic amines) is 1. The maximum atomic E-state index is 12.8. The lowest BCUT2D eigenvalue weighted by molar-refractivity contribution is -0.136. The third-order valence-corrected chi connectivity index (χ3v) is 6.09. The smallest absolute Gasteiger partial charge is 0.237 e. The molecule has 146 valence electrons. The van der Waals surface area contributed by atoms with Crippen molar-refractivity contribution in [1.82, 2.24) is 10.2 Å². The number of hydrogen-bond donors (Lipinski definition) is 3. The fraction of sp³-hybridized carbons (Fsp3) is 0.500. The second-order valence-corrected chi connectivity index (χ2v) is 7.80. The third-order valence-electron chi connectivity index (χ3n) is 6.09. The Labute approximate surface area is 162 Å². The number of carbonyl (C=O) groups excluding carboxylic acids is 3. The number of carbonyl (C=O) groups is 3. The number of nitrogens with zero attached hydrogens (tertiary/aromatic N) is 2. The van der Waals surface area contributed by atoms with Crippen LogP contribution in [0.4, 0.5) is 5.69 Å². The van der Waals surface area contributed by atoms with E-state index in [4.69, 9.17) is 0 Å². The first-order chi connectivity index (χ1) is 13.4. The number of rotatable bonds is 3. The van der Waals surface area contributed by atoms with Crippen molar-refractivity contribution in [1.29, 1.82) is 5.26 Å². The Balaban J connectivity index is 1.49. The van der Waals surface area contributed by atoms with Crippen LogP contribution < -0.4 is 10.6 Å². The van der Waals surface area contributed by atoms with Gasteiger partial charge in [0, 0.05) is 18.7 Å². The van der Waals surface area contributed by atoms with E-state index in [0.29, 0.717) is 18.5 Å². The molecule has 0 radical (unpaired) electrons. The van der Waals surface area contributed by atoms with Gasteiger partial charge in [0.25, 0.3) is 0 Å². The van der Waals surface area contributed by atoms with Crippen LogP contribution >= 0.6 is 0 Å². The number of nitriles is 1. The highest BCUT2D eigenvalue weighted by Crippen LogP contribution is 2.46. The van der Waals surface area contributed by atoms with Gasteiger partial charge >= 0.3 is 0 Å².